The molecule has 1 saturated carbocycles. The number of nitro benzene ring substituents is 1. The first-order valence-corrected chi connectivity index (χ1v) is 11.8. The normalized spacial score (nSPS) is 17.3. The molecule has 37 heavy (non-hydrogen) atoms. The van der Waals surface area contributed by atoms with Crippen LogP contribution >= 0.6 is 0 Å². The summed E-state index contributed by atoms with van der Waals surface area (Å²) in [5, 5.41) is 18.8. The summed E-state index contributed by atoms with van der Waals surface area (Å²) in [6.45, 7) is 7.54. The molecule has 1 fully saturated rings. The Morgan fingerprint density at radius 2 is 1.86 bits per heavy atom. The van der Waals surface area contributed by atoms with Crippen molar-refractivity contribution in [3.8, 4) is 5.75 Å². The van der Waals surface area contributed by atoms with Crippen molar-refractivity contribution < 1.29 is 24.0 Å². The molecule has 1 aliphatic carbocycles. The van der Waals surface area contributed by atoms with Gasteiger partial charge in [0.25, 0.3) is 5.69 Å². The number of hydrogen-bond donors (Lipinski definition) is 1. The molecule has 12 heteroatoms. The van der Waals surface area contributed by atoms with Gasteiger partial charge in [-0.15, -0.1) is 0 Å². The van der Waals surface area contributed by atoms with Crippen molar-refractivity contribution in [1.82, 2.24) is 19.7 Å². The van der Waals surface area contributed by atoms with Gasteiger partial charge in [-0.3, -0.25) is 14.9 Å². The van der Waals surface area contributed by atoms with E-state index >= 15 is 0 Å². The Labute approximate surface area is 213 Å². The molecule has 2 aromatic heterocycles. The van der Waals surface area contributed by atoms with Crippen LogP contribution in [0.25, 0.3) is 0 Å². The highest BCUT2D eigenvalue weighted by Crippen LogP contribution is 2.38. The van der Waals surface area contributed by atoms with Crippen molar-refractivity contribution in [2.45, 2.75) is 64.5 Å². The Balaban J connectivity index is 1.41. The molecule has 0 spiro atoms. The van der Waals surface area contributed by atoms with Gasteiger partial charge < -0.3 is 14.8 Å². The standard InChI is InChI=1S/C25H28N6O6/c1-15(32)21-13-27-22(14-26-21)28-23-12-20(29-30(23)25(2,3)4)16-5-8-19(11-16)37-24(33)36-18-9-6-17(7-10-18)31(34)35/h6-7,9-10,12-14,16,19H,5,8,11H2,1-4H3,(H,27,28)/t16-,19+/m0/s1. The first kappa shape index (κ1) is 25.7. The van der Waals surface area contributed by atoms with Crippen molar-refractivity contribution in [1.29, 1.82) is 0 Å². The van der Waals surface area contributed by atoms with Crippen LogP contribution in [0.1, 0.15) is 69.1 Å². The minimum atomic E-state index is -0.852. The van der Waals surface area contributed by atoms with Gasteiger partial charge in [-0.25, -0.2) is 19.4 Å². The topological polar surface area (TPSA) is 151 Å². The van der Waals surface area contributed by atoms with Gasteiger partial charge in [-0.05, 0) is 52.2 Å². The zero-order valence-electron chi connectivity index (χ0n) is 21.0. The van der Waals surface area contributed by atoms with E-state index in [4.69, 9.17) is 14.6 Å². The van der Waals surface area contributed by atoms with Gasteiger partial charge in [0.2, 0.25) is 0 Å². The summed E-state index contributed by atoms with van der Waals surface area (Å²) < 4.78 is 12.5. The van der Waals surface area contributed by atoms with E-state index in [0.29, 0.717) is 24.4 Å². The number of nitro groups is 1. The third-order valence-electron chi connectivity index (χ3n) is 5.95. The van der Waals surface area contributed by atoms with E-state index in [0.717, 1.165) is 17.9 Å². The minimum Gasteiger partial charge on any atom is -0.431 e. The molecule has 0 radical (unpaired) electrons. The molecule has 12 nitrogen and oxygen atoms in total. The lowest BCUT2D eigenvalue weighted by molar-refractivity contribution is -0.384. The first-order chi connectivity index (χ1) is 17.5. The summed E-state index contributed by atoms with van der Waals surface area (Å²) in [5.41, 5.74) is 0.736. The summed E-state index contributed by atoms with van der Waals surface area (Å²) in [4.78, 5) is 42.4. The largest absolute Gasteiger partial charge is 0.514 e. The van der Waals surface area contributed by atoms with Crippen LogP contribution in [0.5, 0.6) is 5.75 Å². The van der Waals surface area contributed by atoms with Gasteiger partial charge in [-0.1, -0.05) is 0 Å². The van der Waals surface area contributed by atoms with E-state index in [1.165, 1.54) is 43.6 Å². The Hall–Kier alpha value is -4.35. The van der Waals surface area contributed by atoms with Gasteiger partial charge in [0.1, 0.15) is 29.2 Å². The number of Topliss-reactive ketones (excluding diaryl/α,β-unsaturated/α-hetero) is 1. The number of ketones is 1. The smallest absolute Gasteiger partial charge is 0.431 e. The number of anilines is 2. The van der Waals surface area contributed by atoms with Crippen molar-refractivity contribution in [3.63, 3.8) is 0 Å². The quantitative estimate of drug-likeness (QED) is 0.149. The molecule has 2 atom stereocenters. The highest BCUT2D eigenvalue weighted by molar-refractivity contribution is 5.91. The van der Waals surface area contributed by atoms with Crippen LogP contribution in [0.4, 0.5) is 22.1 Å². The molecule has 1 aliphatic rings. The number of nitrogens with one attached hydrogen (secondary N) is 1. The molecule has 0 saturated heterocycles. The molecule has 3 aromatic rings. The van der Waals surface area contributed by atoms with E-state index in [9.17, 15) is 19.7 Å². The second kappa shape index (κ2) is 10.3. The van der Waals surface area contributed by atoms with Gasteiger partial charge in [0.05, 0.1) is 28.5 Å². The number of aromatic nitrogens is 4. The van der Waals surface area contributed by atoms with Crippen LogP contribution in [-0.4, -0.2) is 42.7 Å². The number of benzene rings is 1. The molecule has 1 aromatic carbocycles. The Bertz CT molecular complexity index is 1300. The number of nitrogens with zero attached hydrogens (tertiary/aromatic N) is 5. The maximum Gasteiger partial charge on any atom is 0.514 e. The molecule has 2 heterocycles. The minimum absolute atomic E-state index is 0.0764. The van der Waals surface area contributed by atoms with E-state index in [2.05, 4.69) is 15.3 Å². The predicted octanol–water partition coefficient (Wildman–Crippen LogP) is 5.13. The van der Waals surface area contributed by atoms with Crippen LogP contribution in [0.2, 0.25) is 0 Å². The highest BCUT2D eigenvalue weighted by atomic mass is 16.7. The van der Waals surface area contributed by atoms with Crippen molar-refractivity contribution in [2.24, 2.45) is 0 Å². The Morgan fingerprint density at radius 3 is 2.46 bits per heavy atom. The molecular weight excluding hydrogens is 480 g/mol. The lowest BCUT2D eigenvalue weighted by Gasteiger charge is -2.22. The fourth-order valence-electron chi connectivity index (χ4n) is 4.11. The van der Waals surface area contributed by atoms with Gasteiger partial charge in [-0.2, -0.15) is 5.10 Å². The molecular formula is C25H28N6O6. The molecule has 0 aliphatic heterocycles. The van der Waals surface area contributed by atoms with Gasteiger partial charge in [0, 0.05) is 31.0 Å². The van der Waals surface area contributed by atoms with Gasteiger partial charge in [0.15, 0.2) is 5.78 Å². The number of ether oxygens (including phenoxy) is 2. The molecule has 194 valence electrons. The van der Waals surface area contributed by atoms with Crippen molar-refractivity contribution >= 4 is 29.3 Å². The number of non-ortho nitro benzene ring substituents is 1. The predicted molar refractivity (Wildman–Crippen MR) is 133 cm³/mol. The van der Waals surface area contributed by atoms with Gasteiger partial charge >= 0.3 is 6.16 Å². The zero-order valence-corrected chi connectivity index (χ0v) is 21.0. The van der Waals surface area contributed by atoms with Crippen LogP contribution in [0, 0.1) is 10.1 Å². The summed E-state index contributed by atoms with van der Waals surface area (Å²) in [6.07, 6.45) is 3.77. The fourth-order valence-corrected chi connectivity index (χ4v) is 4.11. The lowest BCUT2D eigenvalue weighted by atomic mass is 10.0. The molecule has 0 bridgehead atoms. The maximum absolute atomic E-state index is 12.2. The number of carbonyl (C=O) groups is 2. The van der Waals surface area contributed by atoms with Crippen molar-refractivity contribution in [3.05, 3.63) is 64.2 Å². The highest BCUT2D eigenvalue weighted by Gasteiger charge is 2.32. The van der Waals surface area contributed by atoms with Crippen LogP contribution in [0.15, 0.2) is 42.7 Å². The Kier molecular flexibility index (Phi) is 7.18. The second-order valence-electron chi connectivity index (χ2n) is 9.86. The maximum atomic E-state index is 12.2. The first-order valence-electron chi connectivity index (χ1n) is 11.8. The Morgan fingerprint density at radius 1 is 1.14 bits per heavy atom. The average Bonchev–Trinajstić information content (AvgIpc) is 3.47. The summed E-state index contributed by atoms with van der Waals surface area (Å²) in [7, 11) is 0. The van der Waals surface area contributed by atoms with E-state index in [1.807, 2.05) is 31.5 Å². The van der Waals surface area contributed by atoms with Crippen LogP contribution in [0.3, 0.4) is 0 Å². The number of carbonyl (C=O) groups excluding carboxylic acids is 2. The van der Waals surface area contributed by atoms with Crippen LogP contribution < -0.4 is 10.1 Å². The fraction of sp³-hybridized carbons (Fsp3) is 0.400. The van der Waals surface area contributed by atoms with E-state index in [1.54, 1.807) is 0 Å². The molecule has 0 unspecified atom stereocenters. The summed E-state index contributed by atoms with van der Waals surface area (Å²) in [5.74, 6) is 1.31. The van der Waals surface area contributed by atoms with Crippen molar-refractivity contribution in [2.75, 3.05) is 5.32 Å². The third kappa shape index (κ3) is 6.26. The third-order valence-corrected chi connectivity index (χ3v) is 5.95. The lowest BCUT2D eigenvalue weighted by Crippen LogP contribution is -2.25. The summed E-state index contributed by atoms with van der Waals surface area (Å²) >= 11 is 0. The number of rotatable bonds is 7. The SMILES string of the molecule is CC(=O)c1cnc(Nc2cc([C@H]3CC[C@@H](OC(=O)Oc4ccc([N+](=O)[O-])cc4)C3)nn2C(C)(C)C)cn1. The average molecular weight is 509 g/mol. The second-order valence-corrected chi connectivity index (χ2v) is 9.86. The monoisotopic (exact) mass is 508 g/mol. The van der Waals surface area contributed by atoms with E-state index in [-0.39, 0.29) is 34.8 Å². The zero-order chi connectivity index (χ0) is 26.7. The number of hydrogen-bond acceptors (Lipinski definition) is 10. The summed E-state index contributed by atoms with van der Waals surface area (Å²) in [6, 6.07) is 7.17. The van der Waals surface area contributed by atoms with Crippen LogP contribution in [-0.2, 0) is 10.3 Å². The molecule has 1 N–H and O–H groups in total. The van der Waals surface area contributed by atoms with E-state index < -0.39 is 11.1 Å². The molecule has 0 amide bonds. The molecule has 4 rings (SSSR count).